The van der Waals surface area contributed by atoms with Crippen LogP contribution in [0.3, 0.4) is 0 Å². The van der Waals surface area contributed by atoms with Crippen molar-refractivity contribution in [3.63, 3.8) is 0 Å². The van der Waals surface area contributed by atoms with Crippen molar-refractivity contribution in [2.45, 2.75) is 19.1 Å². The van der Waals surface area contributed by atoms with E-state index in [0.717, 1.165) is 18.0 Å². The molecule has 0 radical (unpaired) electrons. The largest absolute Gasteiger partial charge is 0.418 e. The monoisotopic (exact) mass is 448 g/mol. The zero-order valence-electron chi connectivity index (χ0n) is 17.5. The number of hydrogen-bond donors (Lipinski definition) is 2. The lowest BCUT2D eigenvalue weighted by Crippen LogP contribution is -2.54. The summed E-state index contributed by atoms with van der Waals surface area (Å²) in [5.41, 5.74) is -0.589. The fourth-order valence-corrected chi connectivity index (χ4v) is 4.03. The van der Waals surface area contributed by atoms with Crippen LogP contribution >= 0.6 is 0 Å². The van der Waals surface area contributed by atoms with Crippen molar-refractivity contribution in [1.82, 2.24) is 15.2 Å². The third-order valence-corrected chi connectivity index (χ3v) is 5.66. The van der Waals surface area contributed by atoms with Crippen LogP contribution in [0.1, 0.15) is 11.1 Å². The third-order valence-electron chi connectivity index (χ3n) is 5.66. The van der Waals surface area contributed by atoms with Crippen LogP contribution in [-0.4, -0.2) is 53.8 Å². The van der Waals surface area contributed by atoms with Gasteiger partial charge >= 0.3 is 6.18 Å². The van der Waals surface area contributed by atoms with Gasteiger partial charge in [-0.3, -0.25) is 0 Å². The molecule has 0 saturated carbocycles. The van der Waals surface area contributed by atoms with Crippen LogP contribution in [0, 0.1) is 12.7 Å². The zero-order valence-corrected chi connectivity index (χ0v) is 17.5. The molecule has 4 rings (SSSR count). The van der Waals surface area contributed by atoms with E-state index in [1.807, 2.05) is 23.1 Å². The predicted octanol–water partition coefficient (Wildman–Crippen LogP) is 3.70. The number of anilines is 1. The maximum Gasteiger partial charge on any atom is 0.418 e. The van der Waals surface area contributed by atoms with Crippen molar-refractivity contribution in [3.8, 4) is 11.3 Å². The number of pyridine rings is 1. The standard InChI is InChI=1S/C23H24F4N4O/c1-15-5-6-16(24)12-18(15)22-19(23(25,26)27)7-8-20(29-22)31-10-3-2-4-21(31)30-11-9-28-17(13-30)14-32/h2-8,12,17,28,32H,9-11,13-14H2,1H3/t17-/m0/s1. The molecule has 2 aliphatic rings. The highest BCUT2D eigenvalue weighted by Crippen LogP contribution is 2.39. The molecule has 2 N–H and O–H groups in total. The topological polar surface area (TPSA) is 51.6 Å². The van der Waals surface area contributed by atoms with Crippen LogP contribution in [-0.2, 0) is 6.18 Å². The third kappa shape index (κ3) is 4.49. The molecule has 1 fully saturated rings. The zero-order chi connectivity index (χ0) is 22.9. The summed E-state index contributed by atoms with van der Waals surface area (Å²) in [7, 11) is 0. The van der Waals surface area contributed by atoms with E-state index in [2.05, 4.69) is 15.2 Å². The van der Waals surface area contributed by atoms with E-state index in [9.17, 15) is 22.7 Å². The molecule has 1 saturated heterocycles. The van der Waals surface area contributed by atoms with Gasteiger partial charge in [-0.15, -0.1) is 0 Å². The first-order valence-electron chi connectivity index (χ1n) is 10.4. The molecule has 1 aromatic carbocycles. The van der Waals surface area contributed by atoms with Gasteiger partial charge in [0, 0.05) is 37.8 Å². The van der Waals surface area contributed by atoms with Gasteiger partial charge in [-0.05, 0) is 42.8 Å². The number of aliphatic hydroxyl groups is 1. The minimum Gasteiger partial charge on any atom is -0.395 e. The van der Waals surface area contributed by atoms with Crippen molar-refractivity contribution >= 4 is 5.82 Å². The summed E-state index contributed by atoms with van der Waals surface area (Å²) in [6.45, 7) is 3.97. The van der Waals surface area contributed by atoms with E-state index in [-0.39, 0.29) is 23.9 Å². The second kappa shape index (κ2) is 8.91. The molecule has 3 heterocycles. The molecule has 170 valence electrons. The highest BCUT2D eigenvalue weighted by Gasteiger charge is 2.36. The Labute approximate surface area is 183 Å². The van der Waals surface area contributed by atoms with Gasteiger partial charge in [0.15, 0.2) is 0 Å². The molecule has 2 aliphatic heterocycles. The Balaban J connectivity index is 1.77. The number of halogens is 4. The van der Waals surface area contributed by atoms with Crippen LogP contribution < -0.4 is 10.2 Å². The number of aliphatic hydroxyl groups excluding tert-OH is 1. The van der Waals surface area contributed by atoms with Crippen LogP contribution in [0.4, 0.5) is 23.4 Å². The number of nitrogens with zero attached hydrogens (tertiary/aromatic N) is 3. The molecule has 0 spiro atoms. The Morgan fingerprint density at radius 1 is 1.22 bits per heavy atom. The second-order valence-corrected chi connectivity index (χ2v) is 7.87. The number of aromatic nitrogens is 1. The number of allylic oxidation sites excluding steroid dienone is 2. The van der Waals surface area contributed by atoms with E-state index < -0.39 is 17.6 Å². The molecule has 1 atom stereocenters. The molecule has 32 heavy (non-hydrogen) atoms. The van der Waals surface area contributed by atoms with Crippen molar-refractivity contribution in [1.29, 1.82) is 0 Å². The number of aryl methyl sites for hydroxylation is 1. The second-order valence-electron chi connectivity index (χ2n) is 7.87. The van der Waals surface area contributed by atoms with Crippen molar-refractivity contribution in [2.75, 3.05) is 37.7 Å². The summed E-state index contributed by atoms with van der Waals surface area (Å²) in [5, 5.41) is 12.7. The average molecular weight is 448 g/mol. The minimum absolute atomic E-state index is 0.0128. The average Bonchev–Trinajstić information content (AvgIpc) is 2.79. The Hall–Kier alpha value is -2.91. The Morgan fingerprint density at radius 2 is 2.03 bits per heavy atom. The number of alkyl halides is 3. The first-order valence-corrected chi connectivity index (χ1v) is 10.4. The van der Waals surface area contributed by atoms with E-state index in [0.29, 0.717) is 37.6 Å². The van der Waals surface area contributed by atoms with Crippen LogP contribution in [0.2, 0.25) is 0 Å². The number of rotatable bonds is 4. The van der Waals surface area contributed by atoms with Crippen LogP contribution in [0.25, 0.3) is 11.3 Å². The van der Waals surface area contributed by atoms with E-state index in [1.165, 1.54) is 18.2 Å². The summed E-state index contributed by atoms with van der Waals surface area (Å²) < 4.78 is 55.3. The van der Waals surface area contributed by atoms with Crippen LogP contribution in [0.5, 0.6) is 0 Å². The lowest BCUT2D eigenvalue weighted by Gasteiger charge is -2.41. The molecule has 9 heteroatoms. The lowest BCUT2D eigenvalue weighted by molar-refractivity contribution is -0.137. The predicted molar refractivity (Wildman–Crippen MR) is 114 cm³/mol. The molecule has 0 amide bonds. The van der Waals surface area contributed by atoms with Crippen molar-refractivity contribution in [2.24, 2.45) is 0 Å². The molecule has 5 nitrogen and oxygen atoms in total. The van der Waals surface area contributed by atoms with Crippen LogP contribution in [0.15, 0.2) is 54.4 Å². The van der Waals surface area contributed by atoms with Gasteiger partial charge in [-0.25, -0.2) is 9.37 Å². The van der Waals surface area contributed by atoms with Gasteiger partial charge in [0.2, 0.25) is 0 Å². The van der Waals surface area contributed by atoms with Gasteiger partial charge in [0.1, 0.15) is 17.5 Å². The molecular formula is C23H24F4N4O. The molecular weight excluding hydrogens is 424 g/mol. The first-order chi connectivity index (χ1) is 15.3. The summed E-state index contributed by atoms with van der Waals surface area (Å²) in [6.07, 6.45) is 1.04. The number of hydrogen-bond acceptors (Lipinski definition) is 5. The normalized spacial score (nSPS) is 19.3. The first kappa shape index (κ1) is 22.3. The van der Waals surface area contributed by atoms with Gasteiger partial charge in [-0.2, -0.15) is 13.2 Å². The smallest absolute Gasteiger partial charge is 0.395 e. The quantitative estimate of drug-likeness (QED) is 0.699. The number of piperazine rings is 1. The lowest BCUT2D eigenvalue weighted by atomic mass is 10.0. The highest BCUT2D eigenvalue weighted by atomic mass is 19.4. The van der Waals surface area contributed by atoms with E-state index in [4.69, 9.17) is 0 Å². The van der Waals surface area contributed by atoms with Gasteiger partial charge in [0.25, 0.3) is 0 Å². The molecule has 0 aliphatic carbocycles. The highest BCUT2D eigenvalue weighted by molar-refractivity contribution is 5.70. The van der Waals surface area contributed by atoms with Crippen molar-refractivity contribution in [3.05, 3.63) is 71.3 Å². The summed E-state index contributed by atoms with van der Waals surface area (Å²) in [4.78, 5) is 8.30. The number of nitrogens with one attached hydrogen (secondary N) is 1. The molecule has 0 bridgehead atoms. The van der Waals surface area contributed by atoms with Gasteiger partial charge in [0.05, 0.1) is 17.9 Å². The summed E-state index contributed by atoms with van der Waals surface area (Å²) in [5.74, 6) is 0.510. The van der Waals surface area contributed by atoms with Gasteiger partial charge < -0.3 is 20.2 Å². The molecule has 0 unspecified atom stereocenters. The minimum atomic E-state index is -4.63. The van der Waals surface area contributed by atoms with E-state index >= 15 is 0 Å². The Bertz CT molecular complexity index is 1050. The summed E-state index contributed by atoms with van der Waals surface area (Å²) in [6, 6.07) is 6.01. The Kier molecular flexibility index (Phi) is 6.21. The fourth-order valence-electron chi connectivity index (χ4n) is 4.03. The molecule has 2 aromatic rings. The fraction of sp³-hybridized carbons (Fsp3) is 0.348. The number of benzene rings is 1. The van der Waals surface area contributed by atoms with Crippen molar-refractivity contribution < 1.29 is 22.7 Å². The van der Waals surface area contributed by atoms with Gasteiger partial charge in [-0.1, -0.05) is 18.2 Å². The maximum atomic E-state index is 13.9. The Morgan fingerprint density at radius 3 is 2.78 bits per heavy atom. The molecule has 1 aromatic heterocycles. The SMILES string of the molecule is Cc1ccc(F)cc1-c1nc(N2CC=CC=C2N2CCN[C@H](CO)C2)ccc1C(F)(F)F. The summed E-state index contributed by atoms with van der Waals surface area (Å²) >= 11 is 0. The maximum absolute atomic E-state index is 13.9. The van der Waals surface area contributed by atoms with E-state index in [1.54, 1.807) is 6.92 Å².